The van der Waals surface area contributed by atoms with Crippen LogP contribution in [0.15, 0.2) is 42.5 Å². The van der Waals surface area contributed by atoms with E-state index >= 15 is 0 Å². The summed E-state index contributed by atoms with van der Waals surface area (Å²) in [5.41, 5.74) is 0.665. The molecule has 0 heterocycles. The van der Waals surface area contributed by atoms with Crippen LogP contribution in [0.4, 0.5) is 15.8 Å². The van der Waals surface area contributed by atoms with Crippen LogP contribution in [0.1, 0.15) is 15.9 Å². The number of aromatic carboxylic acids is 1. The number of anilines is 2. The Kier molecular flexibility index (Phi) is 3.44. The third-order valence-electron chi connectivity index (χ3n) is 2.50. The van der Waals surface area contributed by atoms with Crippen molar-refractivity contribution in [2.24, 2.45) is 0 Å². The van der Waals surface area contributed by atoms with Crippen molar-refractivity contribution < 1.29 is 14.3 Å². The minimum absolute atomic E-state index is 0.141. The molecule has 0 atom stereocenters. The van der Waals surface area contributed by atoms with Gasteiger partial charge in [0.2, 0.25) is 0 Å². The molecule has 0 radical (unpaired) electrons. The standard InChI is InChI=1S/C14H9FN2O2/c15-11-5-2-6-12(13(11)14(18)19)17-10-4-1-3-9(7-10)8-16/h1-7,17H,(H,18,19). The van der Waals surface area contributed by atoms with Gasteiger partial charge in [-0.05, 0) is 30.3 Å². The van der Waals surface area contributed by atoms with Gasteiger partial charge in [-0.2, -0.15) is 5.26 Å². The lowest BCUT2D eigenvalue weighted by molar-refractivity contribution is 0.0693. The molecule has 0 amide bonds. The maximum atomic E-state index is 13.5. The Hall–Kier alpha value is -2.87. The van der Waals surface area contributed by atoms with Gasteiger partial charge < -0.3 is 10.4 Å². The summed E-state index contributed by atoms with van der Waals surface area (Å²) in [7, 11) is 0. The predicted octanol–water partition coefficient (Wildman–Crippen LogP) is 3.14. The van der Waals surface area contributed by atoms with E-state index in [4.69, 9.17) is 10.4 Å². The highest BCUT2D eigenvalue weighted by Crippen LogP contribution is 2.23. The molecule has 0 unspecified atom stereocenters. The van der Waals surface area contributed by atoms with Crippen molar-refractivity contribution in [3.05, 3.63) is 59.4 Å². The molecule has 0 saturated heterocycles. The van der Waals surface area contributed by atoms with Crippen molar-refractivity contribution >= 4 is 17.3 Å². The van der Waals surface area contributed by atoms with Crippen LogP contribution in [0.3, 0.4) is 0 Å². The first-order chi connectivity index (χ1) is 9.11. The lowest BCUT2D eigenvalue weighted by Crippen LogP contribution is -2.05. The summed E-state index contributed by atoms with van der Waals surface area (Å²) < 4.78 is 13.5. The van der Waals surface area contributed by atoms with Crippen LogP contribution in [0.25, 0.3) is 0 Å². The minimum Gasteiger partial charge on any atom is -0.478 e. The fourth-order valence-corrected chi connectivity index (χ4v) is 1.67. The number of rotatable bonds is 3. The predicted molar refractivity (Wildman–Crippen MR) is 67.8 cm³/mol. The lowest BCUT2D eigenvalue weighted by atomic mass is 10.1. The molecule has 0 aliphatic rings. The number of carboxylic acid groups (broad SMARTS) is 1. The van der Waals surface area contributed by atoms with Gasteiger partial charge in [-0.15, -0.1) is 0 Å². The van der Waals surface area contributed by atoms with Crippen molar-refractivity contribution in [1.82, 2.24) is 0 Å². The zero-order valence-electron chi connectivity index (χ0n) is 9.72. The van der Waals surface area contributed by atoms with E-state index in [2.05, 4.69) is 5.32 Å². The highest BCUT2D eigenvalue weighted by molar-refractivity contribution is 5.95. The topological polar surface area (TPSA) is 73.1 Å². The van der Waals surface area contributed by atoms with Gasteiger partial charge in [-0.3, -0.25) is 0 Å². The Morgan fingerprint density at radius 2 is 2.00 bits per heavy atom. The number of benzene rings is 2. The second-order valence-electron chi connectivity index (χ2n) is 3.79. The quantitative estimate of drug-likeness (QED) is 0.884. The highest BCUT2D eigenvalue weighted by atomic mass is 19.1. The van der Waals surface area contributed by atoms with Gasteiger partial charge in [0.25, 0.3) is 0 Å². The summed E-state index contributed by atoms with van der Waals surface area (Å²) >= 11 is 0. The molecule has 0 aliphatic heterocycles. The van der Waals surface area contributed by atoms with Crippen molar-refractivity contribution in [1.29, 1.82) is 5.26 Å². The Labute approximate surface area is 108 Å². The van der Waals surface area contributed by atoms with Gasteiger partial charge in [0.05, 0.1) is 17.3 Å². The van der Waals surface area contributed by atoms with Crippen molar-refractivity contribution in [3.63, 3.8) is 0 Å². The van der Waals surface area contributed by atoms with Gasteiger partial charge in [-0.25, -0.2) is 9.18 Å². The van der Waals surface area contributed by atoms with E-state index in [0.717, 1.165) is 6.07 Å². The summed E-state index contributed by atoms with van der Waals surface area (Å²) in [4.78, 5) is 11.0. The Balaban J connectivity index is 2.41. The van der Waals surface area contributed by atoms with Gasteiger partial charge in [0, 0.05) is 5.69 Å². The number of nitrogens with zero attached hydrogens (tertiary/aromatic N) is 1. The molecular weight excluding hydrogens is 247 g/mol. The molecule has 0 aliphatic carbocycles. The van der Waals surface area contributed by atoms with E-state index in [1.165, 1.54) is 12.1 Å². The van der Waals surface area contributed by atoms with Gasteiger partial charge in [-0.1, -0.05) is 12.1 Å². The largest absolute Gasteiger partial charge is 0.478 e. The number of carboxylic acids is 1. The molecule has 2 aromatic rings. The third-order valence-corrected chi connectivity index (χ3v) is 2.50. The Morgan fingerprint density at radius 1 is 1.26 bits per heavy atom. The van der Waals surface area contributed by atoms with Gasteiger partial charge in [0.15, 0.2) is 0 Å². The molecule has 0 bridgehead atoms. The molecule has 19 heavy (non-hydrogen) atoms. The third kappa shape index (κ3) is 2.69. The van der Waals surface area contributed by atoms with Crippen molar-refractivity contribution in [2.75, 3.05) is 5.32 Å². The van der Waals surface area contributed by atoms with Gasteiger partial charge >= 0.3 is 5.97 Å². The van der Waals surface area contributed by atoms with Crippen molar-refractivity contribution in [3.8, 4) is 6.07 Å². The summed E-state index contributed by atoms with van der Waals surface area (Å²) in [5.74, 6) is -2.16. The molecular formula is C14H9FN2O2. The average molecular weight is 256 g/mol. The average Bonchev–Trinajstić information content (AvgIpc) is 2.38. The zero-order valence-corrected chi connectivity index (χ0v) is 9.72. The van der Waals surface area contributed by atoms with E-state index in [1.807, 2.05) is 6.07 Å². The van der Waals surface area contributed by atoms with Crippen LogP contribution in [0, 0.1) is 17.1 Å². The maximum absolute atomic E-state index is 13.5. The number of nitrogens with one attached hydrogen (secondary N) is 1. The zero-order chi connectivity index (χ0) is 13.8. The van der Waals surface area contributed by atoms with E-state index in [9.17, 15) is 9.18 Å². The second-order valence-corrected chi connectivity index (χ2v) is 3.79. The molecule has 94 valence electrons. The van der Waals surface area contributed by atoms with E-state index in [-0.39, 0.29) is 5.69 Å². The molecule has 2 N–H and O–H groups in total. The van der Waals surface area contributed by atoms with E-state index in [0.29, 0.717) is 11.3 Å². The molecule has 0 saturated carbocycles. The van der Waals surface area contributed by atoms with Crippen LogP contribution in [-0.2, 0) is 0 Å². The molecule has 4 nitrogen and oxygen atoms in total. The molecule has 0 spiro atoms. The van der Waals surface area contributed by atoms with Crippen LogP contribution in [-0.4, -0.2) is 11.1 Å². The summed E-state index contributed by atoms with van der Waals surface area (Å²) in [5, 5.41) is 20.6. The Morgan fingerprint density at radius 3 is 2.68 bits per heavy atom. The first-order valence-corrected chi connectivity index (χ1v) is 5.41. The second kappa shape index (κ2) is 5.19. The first-order valence-electron chi connectivity index (χ1n) is 5.41. The van der Waals surface area contributed by atoms with E-state index in [1.54, 1.807) is 24.3 Å². The molecule has 2 rings (SSSR count). The number of hydrogen-bond donors (Lipinski definition) is 2. The number of halogens is 1. The normalized spacial score (nSPS) is 9.68. The van der Waals surface area contributed by atoms with E-state index < -0.39 is 17.3 Å². The van der Waals surface area contributed by atoms with Crippen LogP contribution in [0.5, 0.6) is 0 Å². The highest BCUT2D eigenvalue weighted by Gasteiger charge is 2.15. The molecule has 5 heteroatoms. The Bertz CT molecular complexity index is 677. The first kappa shape index (κ1) is 12.6. The molecule has 0 aromatic heterocycles. The smallest absolute Gasteiger partial charge is 0.340 e. The molecule has 0 fully saturated rings. The summed E-state index contributed by atoms with van der Waals surface area (Å²) in [6.45, 7) is 0. The fraction of sp³-hybridized carbons (Fsp3) is 0. The minimum atomic E-state index is -1.35. The monoisotopic (exact) mass is 256 g/mol. The SMILES string of the molecule is N#Cc1cccc(Nc2cccc(F)c2C(=O)O)c1. The number of nitriles is 1. The number of hydrogen-bond acceptors (Lipinski definition) is 3. The summed E-state index contributed by atoms with van der Waals surface area (Å²) in [6.07, 6.45) is 0. The van der Waals surface area contributed by atoms with Crippen LogP contribution in [0.2, 0.25) is 0 Å². The van der Waals surface area contributed by atoms with Gasteiger partial charge in [0.1, 0.15) is 11.4 Å². The van der Waals surface area contributed by atoms with Crippen molar-refractivity contribution in [2.45, 2.75) is 0 Å². The lowest BCUT2D eigenvalue weighted by Gasteiger charge is -2.10. The van der Waals surface area contributed by atoms with Crippen LogP contribution >= 0.6 is 0 Å². The summed E-state index contributed by atoms with van der Waals surface area (Å²) in [6, 6.07) is 12.4. The fourth-order valence-electron chi connectivity index (χ4n) is 1.67. The number of carbonyl (C=O) groups is 1. The van der Waals surface area contributed by atoms with Crippen LogP contribution < -0.4 is 5.32 Å². The molecule has 2 aromatic carbocycles. The maximum Gasteiger partial charge on any atom is 0.340 e.